The summed E-state index contributed by atoms with van der Waals surface area (Å²) in [6.45, 7) is 5.77. The second-order valence-electron chi connectivity index (χ2n) is 10.2. The third-order valence-electron chi connectivity index (χ3n) is 7.24. The van der Waals surface area contributed by atoms with Crippen LogP contribution in [0.15, 0.2) is 88.7 Å². The second-order valence-corrected chi connectivity index (χ2v) is 12.5. The Morgan fingerprint density at radius 1 is 0.977 bits per heavy atom. The van der Waals surface area contributed by atoms with E-state index in [1.165, 1.54) is 10.6 Å². The lowest BCUT2D eigenvalue weighted by atomic mass is 10.0. The third-order valence-corrected chi connectivity index (χ3v) is 8.97. The molecule has 0 spiro atoms. The molecule has 9 heteroatoms. The molecular weight excluding hydrogens is 562 g/mol. The van der Waals surface area contributed by atoms with Gasteiger partial charge in [0.2, 0.25) is 0 Å². The average molecular weight is 596 g/mol. The van der Waals surface area contributed by atoms with Crippen LogP contribution in [0.4, 0.5) is 0 Å². The standard InChI is InChI=1S/C34H33N3O5S/c1-5-35-33(38)29-20-27-28(21-37(4)34(39)31(27)36-29)26-19-25(43(40,41)6-2)17-18-30(26)42-32-22(3)11-10-14-24(32)16-15-23-12-8-7-9-13-23/h7-21,36H,5-6H2,1-4H3,(H,35,38)/b16-15+. The number of carbonyl (C=O) groups is 1. The van der Waals surface area contributed by atoms with E-state index in [9.17, 15) is 18.0 Å². The number of nitrogens with one attached hydrogen (secondary N) is 2. The Morgan fingerprint density at radius 2 is 1.74 bits per heavy atom. The molecule has 0 aliphatic rings. The van der Waals surface area contributed by atoms with Crippen molar-refractivity contribution in [3.05, 3.63) is 112 Å². The monoisotopic (exact) mass is 595 g/mol. The molecule has 2 N–H and O–H groups in total. The lowest BCUT2D eigenvalue weighted by Gasteiger charge is -2.17. The van der Waals surface area contributed by atoms with E-state index in [1.54, 1.807) is 38.4 Å². The van der Waals surface area contributed by atoms with E-state index in [0.29, 0.717) is 34.6 Å². The summed E-state index contributed by atoms with van der Waals surface area (Å²) in [5.74, 6) is 0.590. The van der Waals surface area contributed by atoms with Crippen molar-refractivity contribution in [1.82, 2.24) is 14.9 Å². The molecule has 0 radical (unpaired) electrons. The first-order chi connectivity index (χ1) is 20.6. The molecule has 0 bridgehead atoms. The Hall–Kier alpha value is -4.89. The number of ether oxygens (including phenoxy) is 1. The van der Waals surface area contributed by atoms with Gasteiger partial charge in [-0.15, -0.1) is 0 Å². The Balaban J connectivity index is 1.72. The molecule has 0 aliphatic heterocycles. The van der Waals surface area contributed by atoms with Gasteiger partial charge in [0.15, 0.2) is 9.84 Å². The van der Waals surface area contributed by atoms with Gasteiger partial charge in [-0.25, -0.2) is 8.42 Å². The largest absolute Gasteiger partial charge is 0.456 e. The topological polar surface area (TPSA) is 110 Å². The quantitative estimate of drug-likeness (QED) is 0.193. The highest BCUT2D eigenvalue weighted by atomic mass is 32.2. The van der Waals surface area contributed by atoms with Crippen molar-refractivity contribution in [3.63, 3.8) is 0 Å². The van der Waals surface area contributed by atoms with E-state index >= 15 is 0 Å². The van der Waals surface area contributed by atoms with Crippen molar-refractivity contribution in [2.75, 3.05) is 12.3 Å². The van der Waals surface area contributed by atoms with Crippen LogP contribution in [0.2, 0.25) is 0 Å². The molecule has 0 saturated heterocycles. The number of benzene rings is 3. The Morgan fingerprint density at radius 3 is 2.47 bits per heavy atom. The zero-order valence-corrected chi connectivity index (χ0v) is 25.3. The fraction of sp³-hybridized carbons (Fsp3) is 0.176. The number of amides is 1. The van der Waals surface area contributed by atoms with Crippen molar-refractivity contribution in [3.8, 4) is 22.6 Å². The van der Waals surface area contributed by atoms with Crippen molar-refractivity contribution in [2.24, 2.45) is 7.05 Å². The molecular formula is C34H33N3O5S. The summed E-state index contributed by atoms with van der Waals surface area (Å²) in [5, 5.41) is 3.22. The minimum Gasteiger partial charge on any atom is -0.456 e. The van der Waals surface area contributed by atoms with Gasteiger partial charge in [0.1, 0.15) is 22.7 Å². The van der Waals surface area contributed by atoms with Crippen molar-refractivity contribution in [1.29, 1.82) is 0 Å². The number of H-pyrrole nitrogens is 1. The minimum atomic E-state index is -3.57. The number of nitrogens with zero attached hydrogens (tertiary/aromatic N) is 1. The summed E-state index contributed by atoms with van der Waals surface area (Å²) in [6, 6.07) is 22.1. The van der Waals surface area contributed by atoms with Gasteiger partial charge in [-0.1, -0.05) is 67.6 Å². The number of aromatic nitrogens is 2. The van der Waals surface area contributed by atoms with E-state index in [1.807, 2.05) is 74.5 Å². The molecule has 2 heterocycles. The first kappa shape index (κ1) is 29.6. The molecule has 1 amide bonds. The number of fused-ring (bicyclic) bond motifs is 1. The predicted octanol–water partition coefficient (Wildman–Crippen LogP) is 6.35. The first-order valence-electron chi connectivity index (χ1n) is 14.0. The minimum absolute atomic E-state index is 0.0763. The molecule has 0 unspecified atom stereocenters. The number of aromatic amines is 1. The molecule has 0 aliphatic carbocycles. The molecule has 8 nitrogen and oxygen atoms in total. The third kappa shape index (κ3) is 6.03. The van der Waals surface area contributed by atoms with Gasteiger partial charge in [0.05, 0.1) is 10.6 Å². The molecule has 2 aromatic heterocycles. The average Bonchev–Trinajstić information content (AvgIpc) is 3.46. The Kier molecular flexibility index (Phi) is 8.36. The number of aryl methyl sites for hydroxylation is 2. The summed E-state index contributed by atoms with van der Waals surface area (Å²) in [6.07, 6.45) is 5.61. The van der Waals surface area contributed by atoms with E-state index < -0.39 is 9.84 Å². The van der Waals surface area contributed by atoms with Crippen LogP contribution in [-0.4, -0.2) is 36.2 Å². The zero-order chi connectivity index (χ0) is 30.7. The Labute approximate surface area is 250 Å². The van der Waals surface area contributed by atoms with Crippen LogP contribution < -0.4 is 15.6 Å². The van der Waals surface area contributed by atoms with E-state index in [4.69, 9.17) is 4.74 Å². The highest BCUT2D eigenvalue weighted by molar-refractivity contribution is 7.91. The van der Waals surface area contributed by atoms with Gasteiger partial charge in [-0.3, -0.25) is 9.59 Å². The van der Waals surface area contributed by atoms with Gasteiger partial charge >= 0.3 is 0 Å². The summed E-state index contributed by atoms with van der Waals surface area (Å²) in [5.41, 5.74) is 3.92. The number of sulfone groups is 1. The van der Waals surface area contributed by atoms with Crippen LogP contribution in [0.3, 0.4) is 0 Å². The van der Waals surface area contributed by atoms with Gasteiger partial charge in [-0.05, 0) is 49.2 Å². The molecule has 43 heavy (non-hydrogen) atoms. The van der Waals surface area contributed by atoms with Crippen LogP contribution in [0.25, 0.3) is 34.2 Å². The fourth-order valence-corrected chi connectivity index (χ4v) is 5.81. The highest BCUT2D eigenvalue weighted by Gasteiger charge is 2.22. The van der Waals surface area contributed by atoms with Crippen LogP contribution in [-0.2, 0) is 16.9 Å². The predicted molar refractivity (Wildman–Crippen MR) is 171 cm³/mol. The molecule has 3 aromatic carbocycles. The van der Waals surface area contributed by atoms with Crippen molar-refractivity contribution >= 4 is 38.8 Å². The number of carbonyl (C=O) groups excluding carboxylic acids is 1. The van der Waals surface area contributed by atoms with Crippen LogP contribution in [0.5, 0.6) is 11.5 Å². The summed E-state index contributed by atoms with van der Waals surface area (Å²) in [7, 11) is -1.96. The summed E-state index contributed by atoms with van der Waals surface area (Å²) in [4.78, 5) is 28.9. The smallest absolute Gasteiger partial charge is 0.274 e. The van der Waals surface area contributed by atoms with E-state index in [2.05, 4.69) is 10.3 Å². The first-order valence-corrected chi connectivity index (χ1v) is 15.7. The molecule has 5 aromatic rings. The zero-order valence-electron chi connectivity index (χ0n) is 24.5. The maximum absolute atomic E-state index is 13.1. The molecule has 5 rings (SSSR count). The summed E-state index contributed by atoms with van der Waals surface area (Å²) >= 11 is 0. The Bertz CT molecular complexity index is 2020. The number of para-hydroxylation sites is 1. The lowest BCUT2D eigenvalue weighted by molar-refractivity contribution is 0.0951. The van der Waals surface area contributed by atoms with Gasteiger partial charge in [0.25, 0.3) is 11.5 Å². The highest BCUT2D eigenvalue weighted by Crippen LogP contribution is 2.40. The van der Waals surface area contributed by atoms with Crippen molar-refractivity contribution < 1.29 is 17.9 Å². The molecule has 220 valence electrons. The maximum atomic E-state index is 13.1. The lowest BCUT2D eigenvalue weighted by Crippen LogP contribution is -2.23. The van der Waals surface area contributed by atoms with Crippen LogP contribution in [0.1, 0.15) is 41.0 Å². The fourth-order valence-electron chi connectivity index (χ4n) is 4.90. The number of pyridine rings is 1. The van der Waals surface area contributed by atoms with Gasteiger partial charge in [0, 0.05) is 41.9 Å². The van der Waals surface area contributed by atoms with Gasteiger partial charge in [-0.2, -0.15) is 0 Å². The number of hydrogen-bond donors (Lipinski definition) is 2. The van der Waals surface area contributed by atoms with Crippen LogP contribution in [0, 0.1) is 6.92 Å². The van der Waals surface area contributed by atoms with Gasteiger partial charge < -0.3 is 19.6 Å². The molecule has 0 atom stereocenters. The number of hydrogen-bond acceptors (Lipinski definition) is 5. The molecule has 0 saturated carbocycles. The van der Waals surface area contributed by atoms with Crippen molar-refractivity contribution in [2.45, 2.75) is 25.7 Å². The summed E-state index contributed by atoms with van der Waals surface area (Å²) < 4.78 is 33.9. The van der Waals surface area contributed by atoms with Crippen LogP contribution >= 0.6 is 0 Å². The van der Waals surface area contributed by atoms with E-state index in [-0.39, 0.29) is 33.3 Å². The maximum Gasteiger partial charge on any atom is 0.274 e. The van der Waals surface area contributed by atoms with E-state index in [0.717, 1.165) is 16.7 Å². The molecule has 0 fully saturated rings. The second kappa shape index (κ2) is 12.1. The normalized spacial score (nSPS) is 11.7. The number of rotatable bonds is 9. The SMILES string of the molecule is CCNC(=O)c1cc2c(-c3cc(S(=O)(=O)CC)ccc3Oc3c(C)cccc3/C=C/c3ccccc3)cn(C)c(=O)c2[nH]1.